The molecule has 2 aromatic heterocycles. The maximum Gasteiger partial charge on any atom is 0.224 e. The number of ether oxygens (including phenoxy) is 1. The zero-order valence-electron chi connectivity index (χ0n) is 11.7. The Bertz CT molecular complexity index is 568. The van der Waals surface area contributed by atoms with Crippen molar-refractivity contribution in [2.45, 2.75) is 31.4 Å². The Morgan fingerprint density at radius 3 is 2.95 bits per heavy atom. The van der Waals surface area contributed by atoms with Crippen LogP contribution in [0.25, 0.3) is 0 Å². The Labute approximate surface area is 123 Å². The van der Waals surface area contributed by atoms with Crippen molar-refractivity contribution in [3.8, 4) is 0 Å². The third kappa shape index (κ3) is 3.49. The first-order valence-corrected chi connectivity index (χ1v) is 7.15. The van der Waals surface area contributed by atoms with Crippen LogP contribution >= 0.6 is 0 Å². The fraction of sp³-hybridized carbons (Fsp3) is 0.375. The second kappa shape index (κ2) is 6.54. The summed E-state index contributed by atoms with van der Waals surface area (Å²) in [6.07, 6.45) is 8.77. The maximum atomic E-state index is 12.1. The van der Waals surface area contributed by atoms with Crippen molar-refractivity contribution in [3.63, 3.8) is 0 Å². The van der Waals surface area contributed by atoms with Gasteiger partial charge in [0.2, 0.25) is 5.91 Å². The fourth-order valence-electron chi connectivity index (χ4n) is 2.65. The molecule has 1 aliphatic heterocycles. The van der Waals surface area contributed by atoms with Crippen LogP contribution in [0.15, 0.2) is 47.5 Å². The highest BCUT2D eigenvalue weighted by atomic mass is 16.5. The molecule has 5 nitrogen and oxygen atoms in total. The predicted molar refractivity (Wildman–Crippen MR) is 76.5 cm³/mol. The van der Waals surface area contributed by atoms with Crippen LogP contribution in [-0.2, 0) is 16.0 Å². The van der Waals surface area contributed by atoms with Crippen LogP contribution in [0, 0.1) is 0 Å². The maximum absolute atomic E-state index is 12.1. The van der Waals surface area contributed by atoms with Gasteiger partial charge in [-0.15, -0.1) is 0 Å². The third-order valence-corrected chi connectivity index (χ3v) is 3.65. The van der Waals surface area contributed by atoms with Crippen LogP contribution < -0.4 is 5.32 Å². The average molecular weight is 286 g/mol. The number of furan rings is 1. The highest BCUT2D eigenvalue weighted by Crippen LogP contribution is 2.28. The Kier molecular flexibility index (Phi) is 4.31. The average Bonchev–Trinajstić information content (AvgIpc) is 3.01. The third-order valence-electron chi connectivity index (χ3n) is 3.65. The lowest BCUT2D eigenvalue weighted by Crippen LogP contribution is -2.43. The Balaban J connectivity index is 1.66. The molecular weight excluding hydrogens is 268 g/mol. The predicted octanol–water partition coefficient (Wildman–Crippen LogP) is 2.25. The van der Waals surface area contributed by atoms with E-state index in [-0.39, 0.29) is 18.1 Å². The van der Waals surface area contributed by atoms with Gasteiger partial charge in [-0.05, 0) is 42.2 Å². The lowest BCUT2D eigenvalue weighted by Gasteiger charge is -2.32. The molecule has 2 aromatic rings. The standard InChI is InChI=1S/C16H18N2O3/c19-15(10-12-5-9-20-11-12)18-14-2-1-8-21-16(14)13-3-6-17-7-4-13/h3-7,9,11,14,16H,1-2,8,10H2,(H,18,19)/t14-,16+/m0/s1. The quantitative estimate of drug-likeness (QED) is 0.936. The van der Waals surface area contributed by atoms with Crippen molar-refractivity contribution in [3.05, 3.63) is 54.2 Å². The van der Waals surface area contributed by atoms with Gasteiger partial charge in [-0.2, -0.15) is 0 Å². The molecule has 21 heavy (non-hydrogen) atoms. The molecule has 3 heterocycles. The van der Waals surface area contributed by atoms with Crippen molar-refractivity contribution in [1.29, 1.82) is 0 Å². The summed E-state index contributed by atoms with van der Waals surface area (Å²) in [6.45, 7) is 0.723. The van der Waals surface area contributed by atoms with Crippen LogP contribution in [0.1, 0.15) is 30.1 Å². The Morgan fingerprint density at radius 2 is 2.19 bits per heavy atom. The van der Waals surface area contributed by atoms with Gasteiger partial charge in [0, 0.05) is 19.0 Å². The van der Waals surface area contributed by atoms with E-state index in [0.717, 1.165) is 30.6 Å². The molecule has 1 saturated heterocycles. The van der Waals surface area contributed by atoms with Gasteiger partial charge in [0.15, 0.2) is 0 Å². The minimum atomic E-state index is -0.102. The fourth-order valence-corrected chi connectivity index (χ4v) is 2.65. The first-order chi connectivity index (χ1) is 10.3. The summed E-state index contributed by atoms with van der Waals surface area (Å²) in [6, 6.07) is 5.67. The minimum Gasteiger partial charge on any atom is -0.472 e. The topological polar surface area (TPSA) is 64.4 Å². The van der Waals surface area contributed by atoms with Crippen molar-refractivity contribution >= 4 is 5.91 Å². The zero-order chi connectivity index (χ0) is 14.5. The van der Waals surface area contributed by atoms with E-state index in [1.807, 2.05) is 12.1 Å². The van der Waals surface area contributed by atoms with Gasteiger partial charge < -0.3 is 14.5 Å². The molecule has 1 amide bonds. The molecule has 0 radical (unpaired) electrons. The summed E-state index contributed by atoms with van der Waals surface area (Å²) in [5.41, 5.74) is 1.93. The summed E-state index contributed by atoms with van der Waals surface area (Å²) in [7, 11) is 0. The van der Waals surface area contributed by atoms with Gasteiger partial charge >= 0.3 is 0 Å². The largest absolute Gasteiger partial charge is 0.472 e. The summed E-state index contributed by atoms with van der Waals surface area (Å²) >= 11 is 0. The lowest BCUT2D eigenvalue weighted by molar-refractivity contribution is -0.123. The molecule has 5 heteroatoms. The van der Waals surface area contributed by atoms with Crippen LogP contribution in [0.5, 0.6) is 0 Å². The van der Waals surface area contributed by atoms with Crippen molar-refractivity contribution < 1.29 is 13.9 Å². The van der Waals surface area contributed by atoms with E-state index < -0.39 is 0 Å². The molecule has 3 rings (SSSR count). The normalized spacial score (nSPS) is 21.9. The molecule has 0 saturated carbocycles. The molecule has 0 spiro atoms. The van der Waals surface area contributed by atoms with Crippen molar-refractivity contribution in [2.24, 2.45) is 0 Å². The lowest BCUT2D eigenvalue weighted by atomic mass is 9.96. The second-order valence-electron chi connectivity index (χ2n) is 5.20. The van der Waals surface area contributed by atoms with Gasteiger partial charge in [0.05, 0.1) is 25.0 Å². The smallest absolute Gasteiger partial charge is 0.224 e. The number of aromatic nitrogens is 1. The highest BCUT2D eigenvalue weighted by Gasteiger charge is 2.28. The number of nitrogens with one attached hydrogen (secondary N) is 1. The molecule has 1 N–H and O–H groups in total. The van der Waals surface area contributed by atoms with E-state index >= 15 is 0 Å². The monoisotopic (exact) mass is 286 g/mol. The van der Waals surface area contributed by atoms with E-state index in [2.05, 4.69) is 10.3 Å². The zero-order valence-corrected chi connectivity index (χ0v) is 11.7. The second-order valence-corrected chi connectivity index (χ2v) is 5.20. The van der Waals surface area contributed by atoms with Gasteiger partial charge in [-0.3, -0.25) is 9.78 Å². The van der Waals surface area contributed by atoms with Gasteiger partial charge in [-0.25, -0.2) is 0 Å². The van der Waals surface area contributed by atoms with Crippen molar-refractivity contribution in [2.75, 3.05) is 6.61 Å². The number of pyridine rings is 1. The molecular formula is C16H18N2O3. The highest BCUT2D eigenvalue weighted by molar-refractivity contribution is 5.78. The van der Waals surface area contributed by atoms with Crippen LogP contribution in [-0.4, -0.2) is 23.5 Å². The van der Waals surface area contributed by atoms with E-state index in [1.165, 1.54) is 0 Å². The molecule has 0 unspecified atom stereocenters. The number of carbonyl (C=O) groups is 1. The SMILES string of the molecule is O=C(Cc1ccoc1)N[C@H]1CCCO[C@@H]1c1ccncc1. The van der Waals surface area contributed by atoms with Gasteiger partial charge in [0.25, 0.3) is 0 Å². The molecule has 0 bridgehead atoms. The van der Waals surface area contributed by atoms with Crippen LogP contribution in [0.3, 0.4) is 0 Å². The number of amides is 1. The molecule has 1 fully saturated rings. The molecule has 2 atom stereocenters. The van der Waals surface area contributed by atoms with Gasteiger partial charge in [0.1, 0.15) is 6.10 Å². The summed E-state index contributed by atoms with van der Waals surface area (Å²) in [5.74, 6) is -0.00837. The number of carbonyl (C=O) groups excluding carboxylic acids is 1. The molecule has 110 valence electrons. The number of hydrogen-bond donors (Lipinski definition) is 1. The van der Waals surface area contributed by atoms with E-state index in [4.69, 9.17) is 9.15 Å². The van der Waals surface area contributed by atoms with Crippen LogP contribution in [0.4, 0.5) is 0 Å². The number of hydrogen-bond acceptors (Lipinski definition) is 4. The Morgan fingerprint density at radius 1 is 1.33 bits per heavy atom. The molecule has 0 aromatic carbocycles. The first-order valence-electron chi connectivity index (χ1n) is 7.15. The van der Waals surface area contributed by atoms with E-state index in [9.17, 15) is 4.79 Å². The number of nitrogens with zero attached hydrogens (tertiary/aromatic N) is 1. The summed E-state index contributed by atoms with van der Waals surface area (Å²) in [4.78, 5) is 16.2. The minimum absolute atomic E-state index is 0.000510. The number of rotatable bonds is 4. The van der Waals surface area contributed by atoms with Crippen LogP contribution in [0.2, 0.25) is 0 Å². The molecule has 1 aliphatic rings. The van der Waals surface area contributed by atoms with Crippen molar-refractivity contribution in [1.82, 2.24) is 10.3 Å². The van der Waals surface area contributed by atoms with Gasteiger partial charge in [-0.1, -0.05) is 0 Å². The molecule has 0 aliphatic carbocycles. The Hall–Kier alpha value is -2.14. The van der Waals surface area contributed by atoms with E-state index in [0.29, 0.717) is 6.42 Å². The van der Waals surface area contributed by atoms with E-state index in [1.54, 1.807) is 31.0 Å². The first kappa shape index (κ1) is 13.8. The summed E-state index contributed by atoms with van der Waals surface area (Å²) in [5, 5.41) is 3.08. The summed E-state index contributed by atoms with van der Waals surface area (Å²) < 4.78 is 10.8.